The van der Waals surface area contributed by atoms with Crippen molar-refractivity contribution in [3.05, 3.63) is 50.8 Å². The summed E-state index contributed by atoms with van der Waals surface area (Å²) in [6.07, 6.45) is 1.79. The van der Waals surface area contributed by atoms with E-state index in [2.05, 4.69) is 43.6 Å². The number of aromatic nitrogens is 2. The van der Waals surface area contributed by atoms with E-state index in [1.54, 1.807) is 0 Å². The Kier molecular flexibility index (Phi) is 4.75. The number of benzene rings is 1. The molecule has 2 aliphatic rings. The van der Waals surface area contributed by atoms with E-state index in [0.717, 1.165) is 48.2 Å². The molecule has 1 aromatic carbocycles. The van der Waals surface area contributed by atoms with Crippen LogP contribution in [-0.2, 0) is 25.9 Å². The van der Waals surface area contributed by atoms with Crippen LogP contribution in [0.15, 0.2) is 22.7 Å². The Hall–Kier alpha value is -1.37. The Bertz CT molecular complexity index is 746. The highest BCUT2D eigenvalue weighted by Gasteiger charge is 2.28. The van der Waals surface area contributed by atoms with Crippen LogP contribution in [-0.4, -0.2) is 34.1 Å². The van der Waals surface area contributed by atoms with Crippen molar-refractivity contribution in [3.63, 3.8) is 0 Å². The number of hydrogen-bond acceptors (Lipinski definition) is 3. The van der Waals surface area contributed by atoms with Gasteiger partial charge < -0.3 is 10.2 Å². The maximum atomic E-state index is 12.8. The number of rotatable bonds is 1. The van der Waals surface area contributed by atoms with Crippen LogP contribution in [0.25, 0.3) is 0 Å². The number of carbonyl (C=O) groups is 1. The van der Waals surface area contributed by atoms with E-state index in [1.165, 1.54) is 11.1 Å². The highest BCUT2D eigenvalue weighted by Crippen LogP contribution is 2.27. The maximum Gasteiger partial charge on any atom is 0.275 e. The molecule has 0 aliphatic carbocycles. The van der Waals surface area contributed by atoms with Crippen molar-refractivity contribution < 1.29 is 4.79 Å². The van der Waals surface area contributed by atoms with E-state index < -0.39 is 0 Å². The first kappa shape index (κ1) is 16.5. The molecule has 0 atom stereocenters. The third kappa shape index (κ3) is 2.91. The molecule has 0 unspecified atom stereocenters. The lowest BCUT2D eigenvalue weighted by Crippen LogP contribution is -2.37. The maximum absolute atomic E-state index is 12.8. The quantitative estimate of drug-likeness (QED) is 0.777. The van der Waals surface area contributed by atoms with Crippen LogP contribution < -0.4 is 5.32 Å². The van der Waals surface area contributed by atoms with Crippen molar-refractivity contribution in [2.24, 2.45) is 0 Å². The molecule has 0 spiro atoms. The molecule has 4 rings (SSSR count). The molecule has 2 N–H and O–H groups in total. The molecule has 0 saturated carbocycles. The van der Waals surface area contributed by atoms with Crippen LogP contribution in [0.4, 0.5) is 0 Å². The molecule has 122 valence electrons. The highest BCUT2D eigenvalue weighted by atomic mass is 79.9. The van der Waals surface area contributed by atoms with E-state index >= 15 is 0 Å². The van der Waals surface area contributed by atoms with Gasteiger partial charge in [0.2, 0.25) is 0 Å². The molecule has 5 nitrogen and oxygen atoms in total. The number of amides is 1. The molecule has 0 radical (unpaired) electrons. The monoisotopic (exact) mass is 396 g/mol. The SMILES string of the molecule is Cl.O=C(c1n[nH]c2c1CNCC2)N1CCc2c(Br)cccc2C1. The zero-order chi connectivity index (χ0) is 15.1. The number of hydrogen-bond donors (Lipinski definition) is 2. The lowest BCUT2D eigenvalue weighted by Gasteiger charge is -2.29. The molecular formula is C16H18BrClN4O. The number of H-pyrrole nitrogens is 1. The second kappa shape index (κ2) is 6.63. The lowest BCUT2D eigenvalue weighted by atomic mass is 9.99. The molecule has 23 heavy (non-hydrogen) atoms. The predicted molar refractivity (Wildman–Crippen MR) is 93.8 cm³/mol. The Balaban J connectivity index is 0.00000156. The van der Waals surface area contributed by atoms with Gasteiger partial charge in [0.15, 0.2) is 5.69 Å². The summed E-state index contributed by atoms with van der Waals surface area (Å²) in [4.78, 5) is 14.7. The highest BCUT2D eigenvalue weighted by molar-refractivity contribution is 9.10. The topological polar surface area (TPSA) is 61.0 Å². The van der Waals surface area contributed by atoms with Crippen LogP contribution in [0.1, 0.15) is 32.9 Å². The molecule has 1 amide bonds. The largest absolute Gasteiger partial charge is 0.333 e. The van der Waals surface area contributed by atoms with Crippen LogP contribution in [0.2, 0.25) is 0 Å². The average Bonchev–Trinajstić information content (AvgIpc) is 2.98. The van der Waals surface area contributed by atoms with E-state index in [4.69, 9.17) is 0 Å². The van der Waals surface area contributed by atoms with Gasteiger partial charge in [0.05, 0.1) is 0 Å². The second-order valence-corrected chi connectivity index (χ2v) is 6.66. The second-order valence-electron chi connectivity index (χ2n) is 5.81. The Morgan fingerprint density at radius 3 is 3.00 bits per heavy atom. The first-order valence-corrected chi connectivity index (χ1v) is 8.35. The van der Waals surface area contributed by atoms with Crippen molar-refractivity contribution in [3.8, 4) is 0 Å². The molecule has 0 bridgehead atoms. The summed E-state index contributed by atoms with van der Waals surface area (Å²) in [7, 11) is 0. The van der Waals surface area contributed by atoms with Gasteiger partial charge in [-0.05, 0) is 23.6 Å². The molecule has 7 heteroatoms. The summed E-state index contributed by atoms with van der Waals surface area (Å²) >= 11 is 3.60. The number of fused-ring (bicyclic) bond motifs is 2. The number of aromatic amines is 1. The summed E-state index contributed by atoms with van der Waals surface area (Å²) in [6.45, 7) is 3.06. The molecule has 0 fully saturated rings. The first-order valence-electron chi connectivity index (χ1n) is 7.56. The van der Waals surface area contributed by atoms with E-state index in [9.17, 15) is 4.79 Å². The van der Waals surface area contributed by atoms with Gasteiger partial charge in [0.1, 0.15) is 0 Å². The fraction of sp³-hybridized carbons (Fsp3) is 0.375. The van der Waals surface area contributed by atoms with Gasteiger partial charge in [-0.25, -0.2) is 0 Å². The summed E-state index contributed by atoms with van der Waals surface area (Å²) < 4.78 is 1.14. The molecule has 1 aromatic heterocycles. The summed E-state index contributed by atoms with van der Waals surface area (Å²) in [6, 6.07) is 6.18. The Labute approximate surface area is 149 Å². The van der Waals surface area contributed by atoms with Crippen molar-refractivity contribution >= 4 is 34.2 Å². The van der Waals surface area contributed by atoms with Gasteiger partial charge >= 0.3 is 0 Å². The van der Waals surface area contributed by atoms with Gasteiger partial charge in [0.25, 0.3) is 5.91 Å². The van der Waals surface area contributed by atoms with Gasteiger partial charge in [0, 0.05) is 48.3 Å². The predicted octanol–water partition coefficient (Wildman–Crippen LogP) is 2.44. The first-order chi connectivity index (χ1) is 10.7. The standard InChI is InChI=1S/C16H17BrN4O.ClH/c17-13-3-1-2-10-9-21(7-5-11(10)13)16(22)15-12-8-18-6-4-14(12)19-20-15;/h1-3,18H,4-9H2,(H,19,20);1H. The third-order valence-corrected chi connectivity index (χ3v) is 5.25. The van der Waals surface area contributed by atoms with Crippen molar-refractivity contribution in [1.29, 1.82) is 0 Å². The fourth-order valence-corrected chi connectivity index (χ4v) is 3.89. The molecule has 2 aliphatic heterocycles. The minimum absolute atomic E-state index is 0. The number of halogens is 2. The summed E-state index contributed by atoms with van der Waals surface area (Å²) in [5.74, 6) is 0.0341. The molecule has 3 heterocycles. The minimum atomic E-state index is 0. The van der Waals surface area contributed by atoms with Gasteiger partial charge in [-0.3, -0.25) is 9.89 Å². The smallest absolute Gasteiger partial charge is 0.275 e. The van der Waals surface area contributed by atoms with Gasteiger partial charge in [-0.15, -0.1) is 12.4 Å². The van der Waals surface area contributed by atoms with E-state index in [0.29, 0.717) is 12.2 Å². The summed E-state index contributed by atoms with van der Waals surface area (Å²) in [5.41, 5.74) is 5.26. The van der Waals surface area contributed by atoms with Crippen LogP contribution in [0.5, 0.6) is 0 Å². The van der Waals surface area contributed by atoms with Gasteiger partial charge in [-0.1, -0.05) is 28.1 Å². The number of nitrogens with one attached hydrogen (secondary N) is 2. The zero-order valence-electron chi connectivity index (χ0n) is 12.6. The van der Waals surface area contributed by atoms with Crippen LogP contribution in [0, 0.1) is 0 Å². The minimum Gasteiger partial charge on any atom is -0.333 e. The van der Waals surface area contributed by atoms with Crippen LogP contribution >= 0.6 is 28.3 Å². The van der Waals surface area contributed by atoms with Crippen molar-refractivity contribution in [1.82, 2.24) is 20.4 Å². The zero-order valence-corrected chi connectivity index (χ0v) is 15.0. The average molecular weight is 398 g/mol. The number of nitrogens with zero attached hydrogens (tertiary/aromatic N) is 2. The van der Waals surface area contributed by atoms with E-state index in [-0.39, 0.29) is 18.3 Å². The van der Waals surface area contributed by atoms with Crippen molar-refractivity contribution in [2.75, 3.05) is 13.1 Å². The van der Waals surface area contributed by atoms with E-state index in [1.807, 2.05) is 11.0 Å². The Morgan fingerprint density at radius 2 is 2.13 bits per heavy atom. The molecule has 2 aromatic rings. The Morgan fingerprint density at radius 1 is 1.26 bits per heavy atom. The lowest BCUT2D eigenvalue weighted by molar-refractivity contribution is 0.0727. The molecular weight excluding hydrogens is 380 g/mol. The van der Waals surface area contributed by atoms with Crippen LogP contribution in [0.3, 0.4) is 0 Å². The summed E-state index contributed by atoms with van der Waals surface area (Å²) in [5, 5.41) is 10.6. The normalized spacial score (nSPS) is 16.3. The van der Waals surface area contributed by atoms with Crippen molar-refractivity contribution in [2.45, 2.75) is 25.9 Å². The fourth-order valence-electron chi connectivity index (χ4n) is 3.29. The third-order valence-electron chi connectivity index (χ3n) is 4.50. The number of carbonyl (C=O) groups excluding carboxylic acids is 1. The molecule has 0 saturated heterocycles. The van der Waals surface area contributed by atoms with Gasteiger partial charge in [-0.2, -0.15) is 5.10 Å².